The van der Waals surface area contributed by atoms with Crippen LogP contribution in [-0.2, 0) is 14.9 Å². The fraction of sp³-hybridized carbons (Fsp3) is 0.519. The van der Waals surface area contributed by atoms with Gasteiger partial charge in [-0.2, -0.15) is 0 Å². The molecule has 3 rings (SSSR count). The highest BCUT2D eigenvalue weighted by Gasteiger charge is 2.32. The lowest BCUT2D eigenvalue weighted by Crippen LogP contribution is -2.42. The highest BCUT2D eigenvalue weighted by atomic mass is 35.5. The summed E-state index contributed by atoms with van der Waals surface area (Å²) in [7, 11) is 1.43. The van der Waals surface area contributed by atoms with Crippen molar-refractivity contribution in [2.24, 2.45) is 0 Å². The number of benzene rings is 2. The molecule has 0 amide bonds. The molecular formula is C27H37ClN2O3. The van der Waals surface area contributed by atoms with Gasteiger partial charge < -0.3 is 20.1 Å². The van der Waals surface area contributed by atoms with Gasteiger partial charge in [-0.15, -0.1) is 0 Å². The summed E-state index contributed by atoms with van der Waals surface area (Å²) >= 11 is 6.09. The summed E-state index contributed by atoms with van der Waals surface area (Å²) in [6.45, 7) is 9.10. The molecule has 2 aromatic carbocycles. The SMILES string of the molecule is CCN(c1ccc(C(C)(C)CC(=O)OC)cc1Nc1ccc(Cl)cc1)C1CCC(C)(O)CC1. The lowest BCUT2D eigenvalue weighted by atomic mass is 9.80. The van der Waals surface area contributed by atoms with Crippen LogP contribution in [0.4, 0.5) is 17.1 Å². The molecule has 0 spiro atoms. The molecule has 2 aromatic rings. The second-order valence-electron chi connectivity index (χ2n) is 10.0. The predicted molar refractivity (Wildman–Crippen MR) is 137 cm³/mol. The zero-order valence-corrected chi connectivity index (χ0v) is 21.2. The van der Waals surface area contributed by atoms with Gasteiger partial charge in [-0.05, 0) is 81.5 Å². The third kappa shape index (κ3) is 6.42. The highest BCUT2D eigenvalue weighted by Crippen LogP contribution is 2.39. The Hall–Kier alpha value is -2.24. The Labute approximate surface area is 203 Å². The van der Waals surface area contributed by atoms with Crippen molar-refractivity contribution < 1.29 is 14.6 Å². The molecule has 1 saturated carbocycles. The maximum atomic E-state index is 12.0. The molecule has 0 radical (unpaired) electrons. The van der Waals surface area contributed by atoms with Crippen molar-refractivity contribution in [2.45, 2.75) is 76.9 Å². The number of methoxy groups -OCH3 is 1. The van der Waals surface area contributed by atoms with Crippen molar-refractivity contribution in [1.29, 1.82) is 0 Å². The number of carbonyl (C=O) groups excluding carboxylic acids is 1. The molecule has 6 heteroatoms. The van der Waals surface area contributed by atoms with Crippen molar-refractivity contribution in [1.82, 2.24) is 0 Å². The van der Waals surface area contributed by atoms with E-state index in [2.05, 4.69) is 49.2 Å². The molecule has 1 fully saturated rings. The molecule has 0 heterocycles. The normalized spacial score (nSPS) is 20.9. The van der Waals surface area contributed by atoms with Crippen LogP contribution in [0.1, 0.15) is 65.4 Å². The molecule has 0 bridgehead atoms. The molecule has 0 unspecified atom stereocenters. The van der Waals surface area contributed by atoms with Gasteiger partial charge in [0, 0.05) is 28.7 Å². The van der Waals surface area contributed by atoms with Crippen LogP contribution in [0.5, 0.6) is 0 Å². The third-order valence-corrected chi connectivity index (χ3v) is 7.09. The fourth-order valence-electron chi connectivity index (χ4n) is 4.69. The molecule has 1 aliphatic rings. The number of rotatable bonds is 8. The number of ether oxygens (including phenoxy) is 1. The first-order chi connectivity index (χ1) is 15.5. The van der Waals surface area contributed by atoms with Crippen molar-refractivity contribution in [3.8, 4) is 0 Å². The van der Waals surface area contributed by atoms with Crippen molar-refractivity contribution >= 4 is 34.6 Å². The number of halogens is 1. The Morgan fingerprint density at radius 3 is 2.42 bits per heavy atom. The quantitative estimate of drug-likeness (QED) is 0.432. The summed E-state index contributed by atoms with van der Waals surface area (Å²) < 4.78 is 4.92. The maximum absolute atomic E-state index is 12.0. The van der Waals surface area contributed by atoms with Gasteiger partial charge in [0.05, 0.1) is 30.5 Å². The van der Waals surface area contributed by atoms with Crippen LogP contribution < -0.4 is 10.2 Å². The zero-order valence-electron chi connectivity index (χ0n) is 20.5. The minimum atomic E-state index is -0.567. The molecular weight excluding hydrogens is 436 g/mol. The molecule has 180 valence electrons. The first-order valence-corrected chi connectivity index (χ1v) is 12.2. The van der Waals surface area contributed by atoms with E-state index in [0.717, 1.165) is 54.9 Å². The fourth-order valence-corrected chi connectivity index (χ4v) is 4.82. The molecule has 0 atom stereocenters. The molecule has 1 aliphatic carbocycles. The summed E-state index contributed by atoms with van der Waals surface area (Å²) in [5, 5.41) is 14.7. The van der Waals surface area contributed by atoms with E-state index in [1.54, 1.807) is 0 Å². The topological polar surface area (TPSA) is 61.8 Å². The van der Waals surface area contributed by atoms with Crippen LogP contribution in [0.15, 0.2) is 42.5 Å². The van der Waals surface area contributed by atoms with Crippen LogP contribution >= 0.6 is 11.6 Å². The lowest BCUT2D eigenvalue weighted by molar-refractivity contribution is -0.141. The summed E-state index contributed by atoms with van der Waals surface area (Å²) in [5.74, 6) is -0.222. The van der Waals surface area contributed by atoms with E-state index in [1.165, 1.54) is 7.11 Å². The van der Waals surface area contributed by atoms with Gasteiger partial charge in [0.25, 0.3) is 0 Å². The Balaban J connectivity index is 1.98. The summed E-state index contributed by atoms with van der Waals surface area (Å²) in [6.07, 6.45) is 3.82. The number of hydrogen-bond donors (Lipinski definition) is 2. The van der Waals surface area contributed by atoms with Crippen LogP contribution in [0.2, 0.25) is 5.02 Å². The first-order valence-electron chi connectivity index (χ1n) is 11.8. The predicted octanol–water partition coefficient (Wildman–Crippen LogP) is 6.44. The molecule has 5 nitrogen and oxygen atoms in total. The van der Waals surface area contributed by atoms with Gasteiger partial charge in [0.1, 0.15) is 0 Å². The summed E-state index contributed by atoms with van der Waals surface area (Å²) in [6, 6.07) is 14.5. The number of hydrogen-bond acceptors (Lipinski definition) is 5. The molecule has 0 aliphatic heterocycles. The summed E-state index contributed by atoms with van der Waals surface area (Å²) in [4.78, 5) is 14.4. The number of aliphatic hydroxyl groups is 1. The Kier molecular flexibility index (Phi) is 7.96. The average molecular weight is 473 g/mol. The largest absolute Gasteiger partial charge is 0.469 e. The lowest BCUT2D eigenvalue weighted by Gasteiger charge is -2.41. The van der Waals surface area contributed by atoms with E-state index >= 15 is 0 Å². The third-order valence-electron chi connectivity index (χ3n) is 6.84. The number of carbonyl (C=O) groups is 1. The van der Waals surface area contributed by atoms with Crippen molar-refractivity contribution in [3.05, 3.63) is 53.1 Å². The molecule has 0 aromatic heterocycles. The number of anilines is 3. The van der Waals surface area contributed by atoms with E-state index < -0.39 is 5.60 Å². The second kappa shape index (κ2) is 10.4. The van der Waals surface area contributed by atoms with E-state index in [9.17, 15) is 9.90 Å². The maximum Gasteiger partial charge on any atom is 0.306 e. The van der Waals surface area contributed by atoms with Gasteiger partial charge in [-0.1, -0.05) is 31.5 Å². The van der Waals surface area contributed by atoms with Gasteiger partial charge in [-0.25, -0.2) is 0 Å². The van der Waals surface area contributed by atoms with Crippen molar-refractivity contribution in [2.75, 3.05) is 23.9 Å². The molecule has 33 heavy (non-hydrogen) atoms. The minimum absolute atomic E-state index is 0.222. The van der Waals surface area contributed by atoms with Gasteiger partial charge in [-0.3, -0.25) is 4.79 Å². The van der Waals surface area contributed by atoms with E-state index in [1.807, 2.05) is 31.2 Å². The number of nitrogens with one attached hydrogen (secondary N) is 1. The highest BCUT2D eigenvalue weighted by molar-refractivity contribution is 6.30. The van der Waals surface area contributed by atoms with Crippen LogP contribution in [-0.4, -0.2) is 36.4 Å². The second-order valence-corrected chi connectivity index (χ2v) is 10.5. The van der Waals surface area contributed by atoms with E-state index in [0.29, 0.717) is 17.5 Å². The van der Waals surface area contributed by atoms with Crippen LogP contribution in [0.3, 0.4) is 0 Å². The first kappa shape index (κ1) is 25.4. The Morgan fingerprint density at radius 1 is 1.21 bits per heavy atom. The van der Waals surface area contributed by atoms with Gasteiger partial charge in [0.15, 0.2) is 0 Å². The number of nitrogens with zero attached hydrogens (tertiary/aromatic N) is 1. The Bertz CT molecular complexity index is 946. The van der Waals surface area contributed by atoms with Crippen molar-refractivity contribution in [3.63, 3.8) is 0 Å². The van der Waals surface area contributed by atoms with Crippen LogP contribution in [0, 0.1) is 0 Å². The zero-order chi connectivity index (χ0) is 24.2. The van der Waals surface area contributed by atoms with Crippen LogP contribution in [0.25, 0.3) is 0 Å². The van der Waals surface area contributed by atoms with E-state index in [-0.39, 0.29) is 11.4 Å². The number of esters is 1. The molecule has 2 N–H and O–H groups in total. The standard InChI is InChI=1S/C27H37ClN2O3/c1-6-30(22-13-15-27(4,32)16-14-22)24-12-7-19(26(2,3)18-25(31)33-5)17-23(24)29-21-10-8-20(28)9-11-21/h7-12,17,22,29,32H,6,13-16,18H2,1-5H3. The monoisotopic (exact) mass is 472 g/mol. The smallest absolute Gasteiger partial charge is 0.306 e. The minimum Gasteiger partial charge on any atom is -0.469 e. The van der Waals surface area contributed by atoms with Gasteiger partial charge >= 0.3 is 5.97 Å². The molecule has 0 saturated heterocycles. The summed E-state index contributed by atoms with van der Waals surface area (Å²) in [5.41, 5.74) is 3.19. The average Bonchev–Trinajstić information content (AvgIpc) is 2.77. The van der Waals surface area contributed by atoms with Gasteiger partial charge in [0.2, 0.25) is 0 Å². The Morgan fingerprint density at radius 2 is 1.85 bits per heavy atom. The van der Waals surface area contributed by atoms with E-state index in [4.69, 9.17) is 16.3 Å².